The highest BCUT2D eigenvalue weighted by Gasteiger charge is 2.39. The quantitative estimate of drug-likeness (QED) is 0.769. The average molecular weight is 258 g/mol. The third-order valence-corrected chi connectivity index (χ3v) is 4.22. The van der Waals surface area contributed by atoms with E-state index in [0.717, 1.165) is 19.4 Å². The largest absolute Gasteiger partial charge is 0.465 e. The molecule has 0 radical (unpaired) electrons. The van der Waals surface area contributed by atoms with Gasteiger partial charge in [0.15, 0.2) is 5.44 Å². The molecule has 1 N–H and O–H groups in total. The maximum Gasteiger partial charge on any atom is 0.302 e. The van der Waals surface area contributed by atoms with Crippen LogP contribution in [0.3, 0.4) is 0 Å². The minimum absolute atomic E-state index is 0.106. The Hall–Kier alpha value is -0.910. The van der Waals surface area contributed by atoms with E-state index >= 15 is 0 Å². The van der Waals surface area contributed by atoms with Gasteiger partial charge in [-0.1, -0.05) is 0 Å². The molecule has 2 fully saturated rings. The highest BCUT2D eigenvalue weighted by molar-refractivity contribution is 8.00. The minimum Gasteiger partial charge on any atom is -0.465 e. The molecule has 6 heteroatoms. The van der Waals surface area contributed by atoms with Crippen molar-refractivity contribution >= 4 is 23.8 Å². The van der Waals surface area contributed by atoms with Crippen molar-refractivity contribution in [3.8, 4) is 0 Å². The summed E-state index contributed by atoms with van der Waals surface area (Å²) in [7, 11) is 0. The molecule has 2 aliphatic heterocycles. The number of aliphatic imine (C=N–C) groups is 1. The molecular weight excluding hydrogens is 240 g/mol. The van der Waals surface area contributed by atoms with Crippen LogP contribution in [-0.4, -0.2) is 41.9 Å². The van der Waals surface area contributed by atoms with Gasteiger partial charge < -0.3 is 14.8 Å². The van der Waals surface area contributed by atoms with Crippen LogP contribution >= 0.6 is 11.8 Å². The Labute approximate surface area is 105 Å². The standard InChI is InChI=1S/C11H18N2O3S/c1-3-12-11-13-9-5-4-8(6-15-7(2)14)17-10(9)16-11/h8-10H,3-6H2,1-2H3,(H,12,13)/t8-,9-,10+/m1/s1. The molecule has 0 unspecified atom stereocenters. The van der Waals surface area contributed by atoms with E-state index in [1.165, 1.54) is 6.92 Å². The fourth-order valence-electron chi connectivity index (χ4n) is 1.97. The third kappa shape index (κ3) is 3.28. The lowest BCUT2D eigenvalue weighted by molar-refractivity contribution is -0.140. The minimum atomic E-state index is -0.216. The summed E-state index contributed by atoms with van der Waals surface area (Å²) in [5.41, 5.74) is 0.106. The second-order valence-electron chi connectivity index (χ2n) is 4.15. The Bertz CT molecular complexity index is 322. The summed E-state index contributed by atoms with van der Waals surface area (Å²) in [5, 5.41) is 3.61. The van der Waals surface area contributed by atoms with Crippen LogP contribution in [0.4, 0.5) is 0 Å². The van der Waals surface area contributed by atoms with Gasteiger partial charge in [-0.15, -0.1) is 11.8 Å². The molecule has 2 heterocycles. The molecule has 0 aromatic rings. The van der Waals surface area contributed by atoms with Crippen molar-refractivity contribution in [1.82, 2.24) is 5.32 Å². The zero-order valence-electron chi connectivity index (χ0n) is 10.1. The number of thioether (sulfide) groups is 1. The van der Waals surface area contributed by atoms with Crippen molar-refractivity contribution in [3.63, 3.8) is 0 Å². The van der Waals surface area contributed by atoms with Gasteiger partial charge in [0.1, 0.15) is 6.61 Å². The number of nitrogens with one attached hydrogen (secondary N) is 1. The van der Waals surface area contributed by atoms with Gasteiger partial charge in [0.25, 0.3) is 6.02 Å². The van der Waals surface area contributed by atoms with Gasteiger partial charge in [-0.25, -0.2) is 4.99 Å². The molecular formula is C11H18N2O3S. The Morgan fingerprint density at radius 1 is 1.65 bits per heavy atom. The zero-order chi connectivity index (χ0) is 12.3. The van der Waals surface area contributed by atoms with Gasteiger partial charge >= 0.3 is 5.97 Å². The molecule has 0 spiro atoms. The van der Waals surface area contributed by atoms with E-state index < -0.39 is 0 Å². The molecule has 2 saturated heterocycles. The predicted molar refractivity (Wildman–Crippen MR) is 67.0 cm³/mol. The first-order chi connectivity index (χ1) is 8.19. The molecule has 5 nitrogen and oxygen atoms in total. The van der Waals surface area contributed by atoms with Crippen molar-refractivity contribution in [1.29, 1.82) is 0 Å². The number of carbonyl (C=O) groups is 1. The van der Waals surface area contributed by atoms with Crippen molar-refractivity contribution in [3.05, 3.63) is 0 Å². The van der Waals surface area contributed by atoms with Gasteiger partial charge in [-0.05, 0) is 19.8 Å². The Kier molecular flexibility index (Phi) is 4.15. The number of hydrogen-bond acceptors (Lipinski definition) is 5. The lowest BCUT2D eigenvalue weighted by atomic mass is 10.1. The monoisotopic (exact) mass is 258 g/mol. The van der Waals surface area contributed by atoms with Crippen LogP contribution in [0.25, 0.3) is 0 Å². The molecule has 0 bridgehead atoms. The lowest BCUT2D eigenvalue weighted by Gasteiger charge is -2.28. The number of esters is 1. The number of nitrogens with zero attached hydrogens (tertiary/aromatic N) is 1. The van der Waals surface area contributed by atoms with E-state index in [-0.39, 0.29) is 11.4 Å². The zero-order valence-corrected chi connectivity index (χ0v) is 11.0. The van der Waals surface area contributed by atoms with Gasteiger partial charge in [-0.3, -0.25) is 4.79 Å². The fraction of sp³-hybridized carbons (Fsp3) is 0.818. The maximum atomic E-state index is 10.8. The van der Waals surface area contributed by atoms with Crippen LogP contribution < -0.4 is 5.32 Å². The molecule has 2 rings (SSSR count). The molecule has 0 aliphatic carbocycles. The molecule has 0 amide bonds. The second kappa shape index (κ2) is 5.62. The van der Waals surface area contributed by atoms with Crippen LogP contribution in [0.2, 0.25) is 0 Å². The lowest BCUT2D eigenvalue weighted by Crippen LogP contribution is -2.36. The predicted octanol–water partition coefficient (Wildman–Crippen LogP) is 1.14. The van der Waals surface area contributed by atoms with Crippen molar-refractivity contribution in [2.45, 2.75) is 43.4 Å². The van der Waals surface area contributed by atoms with Crippen molar-refractivity contribution in [2.75, 3.05) is 13.2 Å². The summed E-state index contributed by atoms with van der Waals surface area (Å²) >= 11 is 1.73. The van der Waals surface area contributed by atoms with Crippen molar-refractivity contribution < 1.29 is 14.3 Å². The summed E-state index contributed by atoms with van der Waals surface area (Å²) in [6.45, 7) is 4.63. The SMILES string of the molecule is CCN=C1N[C@@H]2CC[C@H](COC(C)=O)S[C@@H]2O1. The second-order valence-corrected chi connectivity index (χ2v) is 5.56. The van der Waals surface area contributed by atoms with Crippen LogP contribution in [0.1, 0.15) is 26.7 Å². The fourth-order valence-corrected chi connectivity index (χ4v) is 3.30. The van der Waals surface area contributed by atoms with Gasteiger partial charge in [0, 0.05) is 18.7 Å². The third-order valence-electron chi connectivity index (χ3n) is 2.77. The first kappa shape index (κ1) is 12.5. The summed E-state index contributed by atoms with van der Waals surface area (Å²) in [4.78, 5) is 15.0. The Morgan fingerprint density at radius 2 is 2.47 bits per heavy atom. The number of carbonyl (C=O) groups excluding carboxylic acids is 1. The van der Waals surface area contributed by atoms with Crippen LogP contribution in [0.5, 0.6) is 0 Å². The first-order valence-corrected chi connectivity index (χ1v) is 6.89. The van der Waals surface area contributed by atoms with Gasteiger partial charge in [0.2, 0.25) is 0 Å². The number of hydrogen-bond donors (Lipinski definition) is 1. The Morgan fingerprint density at radius 3 is 3.18 bits per heavy atom. The summed E-state index contributed by atoms with van der Waals surface area (Å²) in [6, 6.07) is 1.00. The molecule has 2 aliphatic rings. The van der Waals surface area contributed by atoms with E-state index in [9.17, 15) is 4.79 Å². The highest BCUT2D eigenvalue weighted by Crippen LogP contribution is 2.35. The average Bonchev–Trinajstić information content (AvgIpc) is 2.68. The van der Waals surface area contributed by atoms with E-state index in [0.29, 0.717) is 23.9 Å². The van der Waals surface area contributed by atoms with Gasteiger partial charge in [-0.2, -0.15) is 0 Å². The molecule has 17 heavy (non-hydrogen) atoms. The van der Waals surface area contributed by atoms with E-state index in [4.69, 9.17) is 9.47 Å². The highest BCUT2D eigenvalue weighted by atomic mass is 32.2. The van der Waals surface area contributed by atoms with Crippen LogP contribution in [0, 0.1) is 0 Å². The topological polar surface area (TPSA) is 59.9 Å². The summed E-state index contributed by atoms with van der Waals surface area (Å²) < 4.78 is 10.7. The number of amidine groups is 1. The maximum absolute atomic E-state index is 10.8. The number of fused-ring (bicyclic) bond motifs is 1. The summed E-state index contributed by atoms with van der Waals surface area (Å²) in [5.74, 6) is -0.216. The number of ether oxygens (including phenoxy) is 2. The first-order valence-electron chi connectivity index (χ1n) is 5.95. The smallest absolute Gasteiger partial charge is 0.302 e. The van der Waals surface area contributed by atoms with E-state index in [1.807, 2.05) is 6.92 Å². The van der Waals surface area contributed by atoms with E-state index in [2.05, 4.69) is 10.3 Å². The molecule has 96 valence electrons. The Balaban J connectivity index is 1.83. The summed E-state index contributed by atoms with van der Waals surface area (Å²) in [6.07, 6.45) is 2.07. The van der Waals surface area contributed by atoms with E-state index in [1.54, 1.807) is 11.8 Å². The van der Waals surface area contributed by atoms with Crippen LogP contribution in [-0.2, 0) is 14.3 Å². The van der Waals surface area contributed by atoms with Gasteiger partial charge in [0.05, 0.1) is 6.04 Å². The van der Waals surface area contributed by atoms with Crippen molar-refractivity contribution in [2.24, 2.45) is 4.99 Å². The molecule has 0 aromatic heterocycles. The normalized spacial score (nSPS) is 33.8. The molecule has 0 saturated carbocycles. The number of rotatable bonds is 3. The van der Waals surface area contributed by atoms with Crippen LogP contribution in [0.15, 0.2) is 4.99 Å². The molecule has 3 atom stereocenters. The molecule has 0 aromatic carbocycles.